The summed E-state index contributed by atoms with van der Waals surface area (Å²) in [5, 5.41) is 3.21. The number of aryl methyl sites for hydroxylation is 1. The van der Waals surface area contributed by atoms with Gasteiger partial charge < -0.3 is 19.5 Å². The SMILES string of the molecule is CCOC(=O)C1CNCCN1c1nccn1C. The van der Waals surface area contributed by atoms with Crippen molar-refractivity contribution in [2.24, 2.45) is 7.05 Å². The van der Waals surface area contributed by atoms with Gasteiger partial charge in [0.05, 0.1) is 6.61 Å². The van der Waals surface area contributed by atoms with Crippen molar-refractivity contribution in [2.75, 3.05) is 31.1 Å². The molecule has 1 N–H and O–H groups in total. The van der Waals surface area contributed by atoms with E-state index >= 15 is 0 Å². The summed E-state index contributed by atoms with van der Waals surface area (Å²) in [6.45, 7) is 4.44. The van der Waals surface area contributed by atoms with Gasteiger partial charge in [0.25, 0.3) is 0 Å². The second-order valence-electron chi connectivity index (χ2n) is 4.00. The summed E-state index contributed by atoms with van der Waals surface area (Å²) in [7, 11) is 1.92. The van der Waals surface area contributed by atoms with Gasteiger partial charge in [-0.2, -0.15) is 0 Å². The Morgan fingerprint density at radius 2 is 2.53 bits per heavy atom. The topological polar surface area (TPSA) is 59.4 Å². The van der Waals surface area contributed by atoms with E-state index < -0.39 is 0 Å². The number of rotatable bonds is 3. The predicted molar refractivity (Wildman–Crippen MR) is 63.8 cm³/mol. The van der Waals surface area contributed by atoms with Gasteiger partial charge in [0.2, 0.25) is 5.95 Å². The van der Waals surface area contributed by atoms with Gasteiger partial charge in [-0.25, -0.2) is 9.78 Å². The number of piperazine rings is 1. The minimum Gasteiger partial charge on any atom is -0.464 e. The number of carbonyl (C=O) groups is 1. The molecular formula is C11H18N4O2. The van der Waals surface area contributed by atoms with Crippen molar-refractivity contribution < 1.29 is 9.53 Å². The molecule has 0 spiro atoms. The Kier molecular flexibility index (Phi) is 3.63. The fourth-order valence-electron chi connectivity index (χ4n) is 2.03. The van der Waals surface area contributed by atoms with E-state index in [1.54, 1.807) is 6.20 Å². The van der Waals surface area contributed by atoms with Crippen LogP contribution < -0.4 is 10.2 Å². The number of carbonyl (C=O) groups excluding carboxylic acids is 1. The second-order valence-corrected chi connectivity index (χ2v) is 4.00. The van der Waals surface area contributed by atoms with Crippen molar-refractivity contribution in [3.8, 4) is 0 Å². The molecule has 1 aromatic heterocycles. The first kappa shape index (κ1) is 11.9. The third-order valence-electron chi connectivity index (χ3n) is 2.85. The van der Waals surface area contributed by atoms with Crippen molar-refractivity contribution >= 4 is 11.9 Å². The van der Waals surface area contributed by atoms with E-state index in [0.717, 1.165) is 19.0 Å². The summed E-state index contributed by atoms with van der Waals surface area (Å²) in [6.07, 6.45) is 3.61. The summed E-state index contributed by atoms with van der Waals surface area (Å²) in [6, 6.07) is -0.287. The molecule has 0 bridgehead atoms. The number of aromatic nitrogens is 2. The van der Waals surface area contributed by atoms with Gasteiger partial charge >= 0.3 is 5.97 Å². The van der Waals surface area contributed by atoms with E-state index in [1.165, 1.54) is 0 Å². The van der Waals surface area contributed by atoms with Crippen LogP contribution in [0.1, 0.15) is 6.92 Å². The first-order valence-corrected chi connectivity index (χ1v) is 5.85. The summed E-state index contributed by atoms with van der Waals surface area (Å²) in [5.74, 6) is 0.618. The Morgan fingerprint density at radius 3 is 3.18 bits per heavy atom. The standard InChI is InChI=1S/C11H18N4O2/c1-3-17-10(16)9-8-12-4-7-15(9)11-13-5-6-14(11)2/h5-6,9,12H,3-4,7-8H2,1-2H3. The summed E-state index contributed by atoms with van der Waals surface area (Å²) in [5.41, 5.74) is 0. The minimum absolute atomic E-state index is 0.192. The van der Waals surface area contributed by atoms with Crippen molar-refractivity contribution in [2.45, 2.75) is 13.0 Å². The smallest absolute Gasteiger partial charge is 0.330 e. The van der Waals surface area contributed by atoms with Gasteiger partial charge in [-0.05, 0) is 6.92 Å². The van der Waals surface area contributed by atoms with E-state index in [1.807, 2.05) is 29.6 Å². The van der Waals surface area contributed by atoms with Gasteiger partial charge in [-0.15, -0.1) is 0 Å². The molecule has 1 aromatic rings. The molecular weight excluding hydrogens is 220 g/mol. The van der Waals surface area contributed by atoms with Crippen molar-refractivity contribution in [1.82, 2.24) is 14.9 Å². The Hall–Kier alpha value is -1.56. The van der Waals surface area contributed by atoms with Gasteiger partial charge in [0, 0.05) is 39.1 Å². The number of anilines is 1. The van der Waals surface area contributed by atoms with Crippen molar-refractivity contribution in [3.63, 3.8) is 0 Å². The van der Waals surface area contributed by atoms with Crippen LogP contribution in [-0.4, -0.2) is 47.8 Å². The molecule has 0 aromatic carbocycles. The largest absolute Gasteiger partial charge is 0.464 e. The molecule has 1 atom stereocenters. The first-order chi connectivity index (χ1) is 8.24. The average Bonchev–Trinajstić information content (AvgIpc) is 2.76. The number of nitrogens with one attached hydrogen (secondary N) is 1. The molecule has 0 radical (unpaired) electrons. The molecule has 2 heterocycles. The van der Waals surface area contributed by atoms with E-state index in [4.69, 9.17) is 4.74 Å². The van der Waals surface area contributed by atoms with Crippen LogP contribution in [0.5, 0.6) is 0 Å². The van der Waals surface area contributed by atoms with E-state index in [0.29, 0.717) is 13.2 Å². The first-order valence-electron chi connectivity index (χ1n) is 5.85. The Labute approximate surface area is 101 Å². The molecule has 6 nitrogen and oxygen atoms in total. The molecule has 0 aliphatic carbocycles. The number of ether oxygens (including phenoxy) is 1. The molecule has 0 amide bonds. The van der Waals surface area contributed by atoms with E-state index in [2.05, 4.69) is 10.3 Å². The molecule has 0 saturated carbocycles. The Morgan fingerprint density at radius 1 is 1.71 bits per heavy atom. The van der Waals surface area contributed by atoms with Crippen LogP contribution >= 0.6 is 0 Å². The highest BCUT2D eigenvalue weighted by Gasteiger charge is 2.31. The van der Waals surface area contributed by atoms with Crippen LogP contribution in [0.25, 0.3) is 0 Å². The number of nitrogens with zero attached hydrogens (tertiary/aromatic N) is 3. The van der Waals surface area contributed by atoms with Crippen LogP contribution in [0.15, 0.2) is 12.4 Å². The molecule has 6 heteroatoms. The quantitative estimate of drug-likeness (QED) is 0.737. The van der Waals surface area contributed by atoms with E-state index in [-0.39, 0.29) is 12.0 Å². The van der Waals surface area contributed by atoms with Gasteiger partial charge in [-0.1, -0.05) is 0 Å². The van der Waals surface area contributed by atoms with Gasteiger partial charge in [-0.3, -0.25) is 0 Å². The summed E-state index contributed by atoms with van der Waals surface area (Å²) in [4.78, 5) is 18.2. The third-order valence-corrected chi connectivity index (χ3v) is 2.85. The normalized spacial score (nSPS) is 20.4. The zero-order valence-corrected chi connectivity index (χ0v) is 10.2. The van der Waals surface area contributed by atoms with Crippen LogP contribution in [0, 0.1) is 0 Å². The highest BCUT2D eigenvalue weighted by atomic mass is 16.5. The number of imidazole rings is 1. The Balaban J connectivity index is 2.18. The fourth-order valence-corrected chi connectivity index (χ4v) is 2.03. The lowest BCUT2D eigenvalue weighted by Gasteiger charge is -2.35. The lowest BCUT2D eigenvalue weighted by atomic mass is 10.2. The molecule has 1 saturated heterocycles. The van der Waals surface area contributed by atoms with Gasteiger partial charge in [0.1, 0.15) is 6.04 Å². The zero-order valence-electron chi connectivity index (χ0n) is 10.2. The second kappa shape index (κ2) is 5.18. The monoisotopic (exact) mass is 238 g/mol. The maximum absolute atomic E-state index is 11.9. The molecule has 1 fully saturated rings. The number of esters is 1. The highest BCUT2D eigenvalue weighted by molar-refractivity contribution is 5.80. The minimum atomic E-state index is -0.287. The van der Waals surface area contributed by atoms with Crippen LogP contribution in [-0.2, 0) is 16.6 Å². The lowest BCUT2D eigenvalue weighted by Crippen LogP contribution is -2.56. The van der Waals surface area contributed by atoms with Crippen molar-refractivity contribution in [1.29, 1.82) is 0 Å². The van der Waals surface area contributed by atoms with Crippen LogP contribution in [0.2, 0.25) is 0 Å². The summed E-state index contributed by atoms with van der Waals surface area (Å²) < 4.78 is 7.01. The Bertz CT molecular complexity index is 391. The molecule has 94 valence electrons. The highest BCUT2D eigenvalue weighted by Crippen LogP contribution is 2.16. The lowest BCUT2D eigenvalue weighted by molar-refractivity contribution is -0.144. The van der Waals surface area contributed by atoms with Gasteiger partial charge in [0.15, 0.2) is 0 Å². The molecule has 1 aliphatic heterocycles. The van der Waals surface area contributed by atoms with Crippen LogP contribution in [0.4, 0.5) is 5.95 Å². The third kappa shape index (κ3) is 2.41. The van der Waals surface area contributed by atoms with Crippen molar-refractivity contribution in [3.05, 3.63) is 12.4 Å². The number of hydrogen-bond donors (Lipinski definition) is 1. The maximum atomic E-state index is 11.9. The average molecular weight is 238 g/mol. The van der Waals surface area contributed by atoms with Crippen LogP contribution in [0.3, 0.4) is 0 Å². The zero-order chi connectivity index (χ0) is 12.3. The molecule has 1 aliphatic rings. The number of hydrogen-bond acceptors (Lipinski definition) is 5. The predicted octanol–water partition coefficient (Wildman–Crippen LogP) is -0.239. The van der Waals surface area contributed by atoms with E-state index in [9.17, 15) is 4.79 Å². The maximum Gasteiger partial charge on any atom is 0.330 e. The summed E-state index contributed by atoms with van der Waals surface area (Å²) >= 11 is 0. The fraction of sp³-hybridized carbons (Fsp3) is 0.636. The molecule has 1 unspecified atom stereocenters. The molecule has 2 rings (SSSR count). The molecule has 17 heavy (non-hydrogen) atoms.